The van der Waals surface area contributed by atoms with Crippen LogP contribution in [-0.4, -0.2) is 22.2 Å². The lowest BCUT2D eigenvalue weighted by Gasteiger charge is -2.16. The molecule has 0 aliphatic rings. The Hall–Kier alpha value is -2.38. The molecule has 3 rings (SSSR count). The molecule has 2 aromatic carbocycles. The summed E-state index contributed by atoms with van der Waals surface area (Å²) in [4.78, 5) is 12.4. The van der Waals surface area contributed by atoms with Gasteiger partial charge in [-0.05, 0) is 43.5 Å². The van der Waals surface area contributed by atoms with E-state index in [0.29, 0.717) is 10.9 Å². The Kier molecular flexibility index (Phi) is 6.47. The lowest BCUT2D eigenvalue weighted by Crippen LogP contribution is -2.30. The molecule has 27 heavy (non-hydrogen) atoms. The molecule has 0 spiro atoms. The van der Waals surface area contributed by atoms with Crippen LogP contribution in [0.1, 0.15) is 23.6 Å². The minimum absolute atomic E-state index is 0.244. The number of anilines is 1. The standard InChI is InChI=1S/C20H21N3O2S2/c1-13-8-7-11-17(14(13)2)25-15(3)18(24)21-19-22-23-20(27-19)26-12-16-9-5-4-6-10-16/h4-11,15H,12H2,1-3H3,(H,21,22,24)/t15-/m0/s1. The SMILES string of the molecule is Cc1cccc(O[C@@H](C)C(=O)Nc2nnc(SCc3ccccc3)s2)c1C. The summed E-state index contributed by atoms with van der Waals surface area (Å²) in [6.07, 6.45) is -0.630. The van der Waals surface area contributed by atoms with Gasteiger partial charge in [0.05, 0.1) is 0 Å². The first-order valence-electron chi connectivity index (χ1n) is 8.57. The van der Waals surface area contributed by atoms with Gasteiger partial charge in [0.15, 0.2) is 10.4 Å². The molecular formula is C20H21N3O2S2. The first kappa shape index (κ1) is 19.4. The van der Waals surface area contributed by atoms with Gasteiger partial charge in [-0.1, -0.05) is 65.6 Å². The third-order valence-corrected chi connectivity index (χ3v) is 6.11. The van der Waals surface area contributed by atoms with E-state index in [1.807, 2.05) is 50.2 Å². The van der Waals surface area contributed by atoms with E-state index >= 15 is 0 Å². The number of hydrogen-bond acceptors (Lipinski definition) is 6. The number of nitrogens with one attached hydrogen (secondary N) is 1. The summed E-state index contributed by atoms with van der Waals surface area (Å²) >= 11 is 2.96. The summed E-state index contributed by atoms with van der Waals surface area (Å²) in [5.41, 5.74) is 3.39. The molecule has 5 nitrogen and oxygen atoms in total. The molecule has 3 aromatic rings. The molecule has 1 N–H and O–H groups in total. The highest BCUT2D eigenvalue weighted by atomic mass is 32.2. The molecule has 0 fully saturated rings. The number of rotatable bonds is 7. The van der Waals surface area contributed by atoms with E-state index in [1.54, 1.807) is 18.7 Å². The number of ether oxygens (including phenoxy) is 1. The van der Waals surface area contributed by atoms with Gasteiger partial charge in [0, 0.05) is 5.75 Å². The van der Waals surface area contributed by atoms with Crippen LogP contribution in [0.4, 0.5) is 5.13 Å². The van der Waals surface area contributed by atoms with Crippen molar-refractivity contribution in [1.29, 1.82) is 0 Å². The van der Waals surface area contributed by atoms with Gasteiger partial charge >= 0.3 is 0 Å². The molecule has 0 saturated carbocycles. The molecule has 0 bridgehead atoms. The first-order chi connectivity index (χ1) is 13.0. The van der Waals surface area contributed by atoms with Gasteiger partial charge in [0.1, 0.15) is 5.75 Å². The molecule has 0 saturated heterocycles. The predicted molar refractivity (Wildman–Crippen MR) is 111 cm³/mol. The zero-order chi connectivity index (χ0) is 19.2. The average molecular weight is 400 g/mol. The number of aromatic nitrogens is 2. The maximum atomic E-state index is 12.4. The van der Waals surface area contributed by atoms with Crippen molar-refractivity contribution in [1.82, 2.24) is 10.2 Å². The third kappa shape index (κ3) is 5.30. The first-order valence-corrected chi connectivity index (χ1v) is 10.4. The lowest BCUT2D eigenvalue weighted by molar-refractivity contribution is -0.122. The third-order valence-electron chi connectivity index (χ3n) is 4.07. The highest BCUT2D eigenvalue weighted by Gasteiger charge is 2.18. The van der Waals surface area contributed by atoms with E-state index in [0.717, 1.165) is 21.2 Å². The van der Waals surface area contributed by atoms with Crippen molar-refractivity contribution in [2.45, 2.75) is 37.0 Å². The topological polar surface area (TPSA) is 64.1 Å². The van der Waals surface area contributed by atoms with E-state index < -0.39 is 6.10 Å². The van der Waals surface area contributed by atoms with Gasteiger partial charge in [-0.3, -0.25) is 10.1 Å². The molecule has 1 atom stereocenters. The number of carbonyl (C=O) groups is 1. The van der Waals surface area contributed by atoms with Gasteiger partial charge in [-0.2, -0.15) is 0 Å². The summed E-state index contributed by atoms with van der Waals surface area (Å²) in [6.45, 7) is 5.72. The van der Waals surface area contributed by atoms with Crippen molar-refractivity contribution >= 4 is 34.1 Å². The minimum atomic E-state index is -0.630. The van der Waals surface area contributed by atoms with Crippen molar-refractivity contribution < 1.29 is 9.53 Å². The fourth-order valence-corrected chi connectivity index (χ4v) is 4.05. The number of hydrogen-bond donors (Lipinski definition) is 1. The number of carbonyl (C=O) groups excluding carboxylic acids is 1. The molecule has 0 aliphatic heterocycles. The second-order valence-electron chi connectivity index (χ2n) is 6.09. The fourth-order valence-electron chi connectivity index (χ4n) is 2.34. The molecule has 1 heterocycles. The highest BCUT2D eigenvalue weighted by Crippen LogP contribution is 2.28. The Bertz CT molecular complexity index is 913. The van der Waals surface area contributed by atoms with Crippen LogP contribution in [0, 0.1) is 13.8 Å². The van der Waals surface area contributed by atoms with E-state index in [2.05, 4.69) is 27.6 Å². The molecule has 0 unspecified atom stereocenters. The molecule has 1 amide bonds. The van der Waals surface area contributed by atoms with E-state index in [-0.39, 0.29) is 5.91 Å². The maximum Gasteiger partial charge on any atom is 0.266 e. The fraction of sp³-hybridized carbons (Fsp3) is 0.250. The Balaban J connectivity index is 1.54. The number of aryl methyl sites for hydroxylation is 1. The van der Waals surface area contributed by atoms with Crippen molar-refractivity contribution in [2.24, 2.45) is 0 Å². The number of thioether (sulfide) groups is 1. The smallest absolute Gasteiger partial charge is 0.266 e. The minimum Gasteiger partial charge on any atom is -0.481 e. The Morgan fingerprint density at radius 3 is 2.70 bits per heavy atom. The van der Waals surface area contributed by atoms with Crippen molar-refractivity contribution in [3.05, 3.63) is 65.2 Å². The Labute approximate surface area is 167 Å². The Morgan fingerprint density at radius 2 is 1.93 bits per heavy atom. The van der Waals surface area contributed by atoms with E-state index in [9.17, 15) is 4.79 Å². The predicted octanol–water partition coefficient (Wildman–Crippen LogP) is 4.85. The summed E-state index contributed by atoms with van der Waals surface area (Å²) in [5.74, 6) is 1.29. The van der Waals surface area contributed by atoms with Gasteiger partial charge in [-0.25, -0.2) is 0 Å². The van der Waals surface area contributed by atoms with Gasteiger partial charge < -0.3 is 4.74 Å². The second-order valence-corrected chi connectivity index (χ2v) is 8.29. The quantitative estimate of drug-likeness (QED) is 0.454. The number of benzene rings is 2. The summed E-state index contributed by atoms with van der Waals surface area (Å²) in [7, 11) is 0. The molecule has 1 aromatic heterocycles. The van der Waals surface area contributed by atoms with Crippen LogP contribution < -0.4 is 10.1 Å². The van der Waals surface area contributed by atoms with Gasteiger partial charge in [0.25, 0.3) is 5.91 Å². The zero-order valence-corrected chi connectivity index (χ0v) is 17.1. The molecule has 0 aliphatic carbocycles. The largest absolute Gasteiger partial charge is 0.481 e. The van der Waals surface area contributed by atoms with Gasteiger partial charge in [0.2, 0.25) is 5.13 Å². The van der Waals surface area contributed by atoms with Gasteiger partial charge in [-0.15, -0.1) is 10.2 Å². The number of amides is 1. The molecular weight excluding hydrogens is 378 g/mol. The highest BCUT2D eigenvalue weighted by molar-refractivity contribution is 8.00. The van der Waals surface area contributed by atoms with E-state index in [1.165, 1.54) is 16.9 Å². The number of nitrogens with zero attached hydrogens (tertiary/aromatic N) is 2. The van der Waals surface area contributed by atoms with Crippen molar-refractivity contribution in [3.8, 4) is 5.75 Å². The average Bonchev–Trinajstić information content (AvgIpc) is 3.12. The van der Waals surface area contributed by atoms with Crippen LogP contribution in [0.2, 0.25) is 0 Å². The van der Waals surface area contributed by atoms with Crippen LogP contribution in [-0.2, 0) is 10.5 Å². The summed E-state index contributed by atoms with van der Waals surface area (Å²) in [5, 5.41) is 11.4. The van der Waals surface area contributed by atoms with Crippen molar-refractivity contribution in [2.75, 3.05) is 5.32 Å². The van der Waals surface area contributed by atoms with Crippen LogP contribution in [0.25, 0.3) is 0 Å². The normalized spacial score (nSPS) is 11.8. The monoisotopic (exact) mass is 399 g/mol. The van der Waals surface area contributed by atoms with E-state index in [4.69, 9.17) is 4.74 Å². The van der Waals surface area contributed by atoms with Crippen LogP contribution in [0.15, 0.2) is 52.9 Å². The second kappa shape index (κ2) is 9.01. The van der Waals surface area contributed by atoms with Crippen LogP contribution >= 0.6 is 23.1 Å². The molecule has 0 radical (unpaired) electrons. The molecule has 7 heteroatoms. The molecule has 140 valence electrons. The summed E-state index contributed by atoms with van der Waals surface area (Å²) < 4.78 is 6.63. The van der Waals surface area contributed by atoms with Crippen LogP contribution in [0.5, 0.6) is 5.75 Å². The van der Waals surface area contributed by atoms with Crippen molar-refractivity contribution in [3.63, 3.8) is 0 Å². The maximum absolute atomic E-state index is 12.4. The Morgan fingerprint density at radius 1 is 1.15 bits per heavy atom. The lowest BCUT2D eigenvalue weighted by atomic mass is 10.1. The zero-order valence-electron chi connectivity index (χ0n) is 15.4. The summed E-state index contributed by atoms with van der Waals surface area (Å²) in [6, 6.07) is 16.0. The van der Waals surface area contributed by atoms with Crippen LogP contribution in [0.3, 0.4) is 0 Å².